The maximum absolute atomic E-state index is 11.6. The summed E-state index contributed by atoms with van der Waals surface area (Å²) in [7, 11) is 0. The fourth-order valence-electron chi connectivity index (χ4n) is 1.73. The van der Waals surface area contributed by atoms with Gasteiger partial charge >= 0.3 is 0 Å². The molecule has 0 unspecified atom stereocenters. The van der Waals surface area contributed by atoms with E-state index < -0.39 is 0 Å². The third-order valence-corrected chi connectivity index (χ3v) is 2.97. The molecular weight excluding hydrogens is 264 g/mol. The van der Waals surface area contributed by atoms with E-state index in [1.807, 2.05) is 0 Å². The maximum Gasteiger partial charge on any atom is 0.238 e. The molecule has 0 heterocycles. The lowest BCUT2D eigenvalue weighted by atomic mass is 10.1. The topological polar surface area (TPSA) is 58.2 Å². The third-order valence-electron chi connectivity index (χ3n) is 2.97. The lowest BCUT2D eigenvalue weighted by molar-refractivity contribution is -0.115. The second kappa shape index (κ2) is 7.26. The number of anilines is 1. The van der Waals surface area contributed by atoms with E-state index in [9.17, 15) is 9.59 Å². The van der Waals surface area contributed by atoms with Crippen molar-refractivity contribution < 1.29 is 9.59 Å². The molecule has 0 atom stereocenters. The van der Waals surface area contributed by atoms with E-state index in [4.69, 9.17) is 0 Å². The van der Waals surface area contributed by atoms with E-state index in [2.05, 4.69) is 10.6 Å². The highest BCUT2D eigenvalue weighted by Gasteiger charge is 2.20. The number of carbonyl (C=O) groups excluding carboxylic acids is 2. The van der Waals surface area contributed by atoms with Crippen LogP contribution in [0.3, 0.4) is 0 Å². The monoisotopic (exact) mass is 282 g/mol. The van der Waals surface area contributed by atoms with E-state index in [1.165, 1.54) is 19.8 Å². The van der Waals surface area contributed by atoms with Crippen molar-refractivity contribution in [2.45, 2.75) is 19.8 Å². The third kappa shape index (κ3) is 5.41. The number of Topliss-reactive ketones (excluding diaryl/α,β-unsaturated/α-hetero) is 1. The Hall–Kier alpha value is -1.39. The zero-order valence-electron chi connectivity index (χ0n) is 10.9. The Kier molecular flexibility index (Phi) is 5.99. The van der Waals surface area contributed by atoms with Crippen molar-refractivity contribution in [2.75, 3.05) is 18.4 Å². The van der Waals surface area contributed by atoms with Gasteiger partial charge in [-0.05, 0) is 44.4 Å². The highest BCUT2D eigenvalue weighted by atomic mass is 35.5. The number of carbonyl (C=O) groups is 2. The number of ketones is 1. The van der Waals surface area contributed by atoms with Crippen molar-refractivity contribution in [3.63, 3.8) is 0 Å². The summed E-state index contributed by atoms with van der Waals surface area (Å²) in [6, 6.07) is 6.99. The molecule has 104 valence electrons. The second-order valence-electron chi connectivity index (χ2n) is 4.76. The number of benzene rings is 1. The summed E-state index contributed by atoms with van der Waals surface area (Å²) in [5.41, 5.74) is 1.28. The Morgan fingerprint density at radius 3 is 2.68 bits per heavy atom. The molecule has 0 radical (unpaired) electrons. The number of halogens is 1. The van der Waals surface area contributed by atoms with Crippen molar-refractivity contribution in [1.29, 1.82) is 0 Å². The second-order valence-corrected chi connectivity index (χ2v) is 4.76. The molecule has 4 nitrogen and oxygen atoms in total. The van der Waals surface area contributed by atoms with Gasteiger partial charge in [0.25, 0.3) is 0 Å². The van der Waals surface area contributed by atoms with Gasteiger partial charge in [-0.3, -0.25) is 9.59 Å². The first-order valence-corrected chi connectivity index (χ1v) is 6.27. The molecule has 0 aliphatic heterocycles. The van der Waals surface area contributed by atoms with Crippen LogP contribution in [0.5, 0.6) is 0 Å². The first-order valence-electron chi connectivity index (χ1n) is 6.27. The van der Waals surface area contributed by atoms with Gasteiger partial charge < -0.3 is 10.6 Å². The van der Waals surface area contributed by atoms with Crippen LogP contribution in [0.1, 0.15) is 30.1 Å². The minimum atomic E-state index is -0.0728. The molecule has 0 saturated heterocycles. The molecular formula is C14H19ClN2O2. The predicted molar refractivity (Wildman–Crippen MR) is 77.9 cm³/mol. The zero-order chi connectivity index (χ0) is 13.0. The van der Waals surface area contributed by atoms with Crippen LogP contribution in [0, 0.1) is 5.92 Å². The lowest BCUT2D eigenvalue weighted by Gasteiger charge is -2.07. The van der Waals surface area contributed by atoms with Crippen molar-refractivity contribution >= 4 is 29.8 Å². The molecule has 5 heteroatoms. The Morgan fingerprint density at radius 1 is 1.32 bits per heavy atom. The first kappa shape index (κ1) is 15.7. The lowest BCUT2D eigenvalue weighted by Crippen LogP contribution is -2.29. The summed E-state index contributed by atoms with van der Waals surface area (Å²) < 4.78 is 0. The van der Waals surface area contributed by atoms with Gasteiger partial charge in [0.15, 0.2) is 5.78 Å². The Morgan fingerprint density at radius 2 is 2.05 bits per heavy atom. The largest absolute Gasteiger partial charge is 0.325 e. The van der Waals surface area contributed by atoms with Crippen LogP contribution in [0.4, 0.5) is 5.69 Å². The van der Waals surface area contributed by atoms with Gasteiger partial charge in [-0.1, -0.05) is 12.1 Å². The van der Waals surface area contributed by atoms with Gasteiger partial charge in [0.2, 0.25) is 5.91 Å². The summed E-state index contributed by atoms with van der Waals surface area (Å²) in [5, 5.41) is 5.90. The van der Waals surface area contributed by atoms with Crippen molar-refractivity contribution in [3.8, 4) is 0 Å². The highest BCUT2D eigenvalue weighted by Crippen LogP contribution is 2.27. The SMILES string of the molecule is CC(=O)c1cccc(NC(=O)CNCC2CC2)c1.Cl. The van der Waals surface area contributed by atoms with Crippen molar-refractivity contribution in [3.05, 3.63) is 29.8 Å². The molecule has 1 aliphatic rings. The van der Waals surface area contributed by atoms with Gasteiger partial charge in [-0.15, -0.1) is 12.4 Å². The highest BCUT2D eigenvalue weighted by molar-refractivity contribution is 5.97. The maximum atomic E-state index is 11.6. The van der Waals surface area contributed by atoms with Gasteiger partial charge in [0.05, 0.1) is 6.54 Å². The molecule has 2 N–H and O–H groups in total. The van der Waals surface area contributed by atoms with Gasteiger partial charge in [0, 0.05) is 11.3 Å². The molecule has 0 bridgehead atoms. The molecule has 19 heavy (non-hydrogen) atoms. The predicted octanol–water partition coefficient (Wildman–Crippen LogP) is 2.25. The first-order chi connectivity index (χ1) is 8.65. The zero-order valence-corrected chi connectivity index (χ0v) is 11.8. The fourth-order valence-corrected chi connectivity index (χ4v) is 1.73. The van der Waals surface area contributed by atoms with E-state index >= 15 is 0 Å². The molecule has 1 aliphatic carbocycles. The van der Waals surface area contributed by atoms with Crippen molar-refractivity contribution in [1.82, 2.24) is 5.32 Å². The molecule has 1 aromatic rings. The standard InChI is InChI=1S/C14H18N2O2.ClH/c1-10(17)12-3-2-4-13(7-12)16-14(18)9-15-8-11-5-6-11;/h2-4,7,11,15H,5-6,8-9H2,1H3,(H,16,18);1H. The summed E-state index contributed by atoms with van der Waals surface area (Å²) in [5.74, 6) is 0.688. The summed E-state index contributed by atoms with van der Waals surface area (Å²) in [4.78, 5) is 22.8. The van der Waals surface area contributed by atoms with Crippen LogP contribution >= 0.6 is 12.4 Å². The number of nitrogens with one attached hydrogen (secondary N) is 2. The Bertz CT molecular complexity index is 459. The van der Waals surface area contributed by atoms with Crippen LogP contribution in [0.15, 0.2) is 24.3 Å². The average molecular weight is 283 g/mol. The number of hydrogen-bond acceptors (Lipinski definition) is 3. The molecule has 1 saturated carbocycles. The molecule has 1 fully saturated rings. The van der Waals surface area contributed by atoms with Crippen LogP contribution in [0.25, 0.3) is 0 Å². The molecule has 0 aromatic heterocycles. The molecule has 0 spiro atoms. The normalized spacial score (nSPS) is 13.5. The molecule has 1 amide bonds. The Balaban J connectivity index is 0.00000180. The number of hydrogen-bond donors (Lipinski definition) is 2. The van der Waals surface area contributed by atoms with E-state index in [0.29, 0.717) is 17.8 Å². The van der Waals surface area contributed by atoms with Gasteiger partial charge in [-0.2, -0.15) is 0 Å². The van der Waals surface area contributed by atoms with Gasteiger partial charge in [0.1, 0.15) is 0 Å². The van der Waals surface area contributed by atoms with Crippen LogP contribution < -0.4 is 10.6 Å². The van der Waals surface area contributed by atoms with E-state index in [0.717, 1.165) is 12.5 Å². The Labute approximate surface area is 119 Å². The quantitative estimate of drug-likeness (QED) is 0.787. The smallest absolute Gasteiger partial charge is 0.238 e. The minimum Gasteiger partial charge on any atom is -0.325 e. The van der Waals surface area contributed by atoms with Gasteiger partial charge in [-0.25, -0.2) is 0 Å². The average Bonchev–Trinajstić information content (AvgIpc) is 3.13. The summed E-state index contributed by atoms with van der Waals surface area (Å²) in [6.45, 7) is 2.75. The van der Waals surface area contributed by atoms with E-state index in [1.54, 1.807) is 24.3 Å². The molecule has 2 rings (SSSR count). The van der Waals surface area contributed by atoms with Crippen LogP contribution in [0.2, 0.25) is 0 Å². The van der Waals surface area contributed by atoms with E-state index in [-0.39, 0.29) is 24.1 Å². The van der Waals surface area contributed by atoms with Crippen LogP contribution in [-0.4, -0.2) is 24.8 Å². The minimum absolute atomic E-state index is 0. The number of amides is 1. The molecule has 1 aromatic carbocycles. The van der Waals surface area contributed by atoms with Crippen molar-refractivity contribution in [2.24, 2.45) is 5.92 Å². The summed E-state index contributed by atoms with van der Waals surface area (Å²) >= 11 is 0. The summed E-state index contributed by atoms with van der Waals surface area (Å²) in [6.07, 6.45) is 2.55. The fraction of sp³-hybridized carbons (Fsp3) is 0.429. The van der Waals surface area contributed by atoms with Crippen LogP contribution in [-0.2, 0) is 4.79 Å². The number of rotatable bonds is 6.